The molecule has 15 heavy (non-hydrogen) atoms. The molecule has 0 saturated carbocycles. The average Bonchev–Trinajstić information content (AvgIpc) is 2.02. The first-order valence-electron chi connectivity index (χ1n) is 4.94. The minimum absolute atomic E-state index is 0.0872. The first kappa shape index (κ1) is 14.1. The minimum Gasteiger partial charge on any atom is -0.460 e. The van der Waals surface area contributed by atoms with Gasteiger partial charge in [0.25, 0.3) is 0 Å². The van der Waals surface area contributed by atoms with Gasteiger partial charge in [-0.3, -0.25) is 4.79 Å². The van der Waals surface area contributed by atoms with E-state index in [9.17, 15) is 9.59 Å². The Kier molecular flexibility index (Phi) is 5.46. The number of hydrogen-bond acceptors (Lipinski definition) is 5. The molecule has 88 valence electrons. The van der Waals surface area contributed by atoms with Crippen LogP contribution in [0.1, 0.15) is 27.2 Å². The molecule has 2 unspecified atom stereocenters. The molecule has 0 aromatic carbocycles. The fourth-order valence-corrected chi connectivity index (χ4v) is 1.10. The highest BCUT2D eigenvalue weighted by Gasteiger charge is 2.28. The van der Waals surface area contributed by atoms with Gasteiger partial charge in [0.15, 0.2) is 0 Å². The van der Waals surface area contributed by atoms with E-state index < -0.39 is 23.5 Å². The topological polar surface area (TPSA) is 95.4 Å². The van der Waals surface area contributed by atoms with Crippen molar-refractivity contribution in [2.75, 3.05) is 6.54 Å². The van der Waals surface area contributed by atoms with Crippen molar-refractivity contribution in [2.45, 2.75) is 38.8 Å². The molecule has 0 spiro atoms. The number of esters is 1. The van der Waals surface area contributed by atoms with E-state index in [2.05, 4.69) is 0 Å². The van der Waals surface area contributed by atoms with Gasteiger partial charge in [-0.2, -0.15) is 0 Å². The van der Waals surface area contributed by atoms with Crippen molar-refractivity contribution in [3.05, 3.63) is 0 Å². The van der Waals surface area contributed by atoms with Crippen LogP contribution in [0, 0.1) is 5.92 Å². The Morgan fingerprint density at radius 3 is 2.33 bits per heavy atom. The Labute approximate surface area is 90.1 Å². The van der Waals surface area contributed by atoms with Crippen LogP contribution in [0.25, 0.3) is 0 Å². The third kappa shape index (κ3) is 5.49. The molecule has 5 nitrogen and oxygen atoms in total. The van der Waals surface area contributed by atoms with E-state index >= 15 is 0 Å². The van der Waals surface area contributed by atoms with E-state index in [0.717, 1.165) is 0 Å². The monoisotopic (exact) mass is 216 g/mol. The lowest BCUT2D eigenvalue weighted by atomic mass is 9.98. The summed E-state index contributed by atoms with van der Waals surface area (Å²) in [7, 11) is 0. The Morgan fingerprint density at radius 2 is 2.00 bits per heavy atom. The number of carbonyl (C=O) groups excluding carboxylic acids is 2. The van der Waals surface area contributed by atoms with Crippen molar-refractivity contribution in [2.24, 2.45) is 17.4 Å². The van der Waals surface area contributed by atoms with Crippen molar-refractivity contribution in [1.29, 1.82) is 0 Å². The molecule has 0 aliphatic carbocycles. The summed E-state index contributed by atoms with van der Waals surface area (Å²) in [5.74, 6) is -1.06. The second kappa shape index (κ2) is 5.82. The van der Waals surface area contributed by atoms with Crippen LogP contribution in [0.15, 0.2) is 0 Å². The van der Waals surface area contributed by atoms with Gasteiger partial charge in [0.05, 0.1) is 5.92 Å². The first-order valence-corrected chi connectivity index (χ1v) is 4.94. The molecule has 0 aliphatic rings. The van der Waals surface area contributed by atoms with E-state index in [1.807, 2.05) is 0 Å². The quantitative estimate of drug-likeness (QED) is 0.491. The number of aldehydes is 1. The number of hydrogen-bond donors (Lipinski definition) is 2. The van der Waals surface area contributed by atoms with E-state index in [1.54, 1.807) is 20.8 Å². The van der Waals surface area contributed by atoms with Crippen LogP contribution in [-0.2, 0) is 14.3 Å². The molecule has 5 heteroatoms. The van der Waals surface area contributed by atoms with Crippen molar-refractivity contribution in [3.63, 3.8) is 0 Å². The summed E-state index contributed by atoms with van der Waals surface area (Å²) in [4.78, 5) is 21.9. The van der Waals surface area contributed by atoms with Crippen LogP contribution in [0.3, 0.4) is 0 Å². The van der Waals surface area contributed by atoms with Gasteiger partial charge in [0, 0.05) is 19.0 Å². The van der Waals surface area contributed by atoms with Gasteiger partial charge >= 0.3 is 5.97 Å². The van der Waals surface area contributed by atoms with Gasteiger partial charge < -0.3 is 21.0 Å². The molecule has 0 aromatic heterocycles. The molecule has 2 atom stereocenters. The van der Waals surface area contributed by atoms with Gasteiger partial charge in [-0.15, -0.1) is 0 Å². The molecule has 0 rings (SSSR count). The van der Waals surface area contributed by atoms with Gasteiger partial charge in [-0.05, 0) is 20.8 Å². The maximum Gasteiger partial charge on any atom is 0.312 e. The van der Waals surface area contributed by atoms with Crippen LogP contribution < -0.4 is 11.5 Å². The Balaban J connectivity index is 4.40. The van der Waals surface area contributed by atoms with E-state index in [4.69, 9.17) is 16.2 Å². The number of rotatable bonds is 5. The van der Waals surface area contributed by atoms with Crippen LogP contribution in [0.4, 0.5) is 0 Å². The maximum absolute atomic E-state index is 11.6. The molecular weight excluding hydrogens is 196 g/mol. The van der Waals surface area contributed by atoms with E-state index in [-0.39, 0.29) is 13.0 Å². The molecule has 0 aromatic rings. The summed E-state index contributed by atoms with van der Waals surface area (Å²) < 4.78 is 5.14. The second-order valence-corrected chi connectivity index (χ2v) is 4.44. The zero-order valence-electron chi connectivity index (χ0n) is 9.53. The van der Waals surface area contributed by atoms with Crippen molar-refractivity contribution in [3.8, 4) is 0 Å². The lowest BCUT2D eigenvalue weighted by Gasteiger charge is -2.25. The van der Waals surface area contributed by atoms with Crippen molar-refractivity contribution in [1.82, 2.24) is 0 Å². The van der Waals surface area contributed by atoms with Crippen molar-refractivity contribution >= 4 is 12.3 Å². The van der Waals surface area contributed by atoms with Gasteiger partial charge in [-0.1, -0.05) is 0 Å². The molecule has 0 bridgehead atoms. The fourth-order valence-electron chi connectivity index (χ4n) is 1.10. The molecule has 0 heterocycles. The summed E-state index contributed by atoms with van der Waals surface area (Å²) in [6.07, 6.45) is 0.790. The third-order valence-electron chi connectivity index (χ3n) is 1.85. The molecule has 0 saturated heterocycles. The number of carbonyl (C=O) groups is 2. The minimum atomic E-state index is -0.616. The fraction of sp³-hybridized carbons (Fsp3) is 0.800. The molecule has 4 N–H and O–H groups in total. The average molecular weight is 216 g/mol. The van der Waals surface area contributed by atoms with Crippen LogP contribution in [0.2, 0.25) is 0 Å². The van der Waals surface area contributed by atoms with E-state index in [0.29, 0.717) is 6.29 Å². The predicted octanol–water partition coefficient (Wildman–Crippen LogP) is -0.181. The van der Waals surface area contributed by atoms with Gasteiger partial charge in [0.2, 0.25) is 0 Å². The highest BCUT2D eigenvalue weighted by atomic mass is 16.6. The molecule has 0 fully saturated rings. The zero-order valence-corrected chi connectivity index (χ0v) is 9.53. The summed E-state index contributed by atoms with van der Waals surface area (Å²) in [6.45, 7) is 5.39. The Morgan fingerprint density at radius 1 is 1.47 bits per heavy atom. The van der Waals surface area contributed by atoms with Crippen LogP contribution in [-0.4, -0.2) is 30.4 Å². The highest BCUT2D eigenvalue weighted by molar-refractivity contribution is 5.74. The SMILES string of the molecule is CC(C)(C)OC(=O)C(CN)C(N)CC=O. The molecule has 0 radical (unpaired) electrons. The normalized spacial score (nSPS) is 15.5. The smallest absolute Gasteiger partial charge is 0.312 e. The van der Waals surface area contributed by atoms with Crippen LogP contribution in [0.5, 0.6) is 0 Å². The lowest BCUT2D eigenvalue weighted by Crippen LogP contribution is -2.43. The Bertz CT molecular complexity index is 223. The zero-order chi connectivity index (χ0) is 12.1. The molecule has 0 amide bonds. The number of nitrogens with two attached hydrogens (primary N) is 2. The maximum atomic E-state index is 11.6. The standard InChI is InChI=1S/C10H20N2O3/c1-10(2,3)15-9(14)7(6-11)8(12)4-5-13/h5,7-8H,4,6,11-12H2,1-3H3. The summed E-state index contributed by atoms with van der Waals surface area (Å²) in [5, 5.41) is 0. The molecule has 0 aliphatic heterocycles. The van der Waals surface area contributed by atoms with E-state index in [1.165, 1.54) is 0 Å². The Hall–Kier alpha value is -0.940. The summed E-state index contributed by atoms with van der Waals surface area (Å²) >= 11 is 0. The van der Waals surface area contributed by atoms with Crippen LogP contribution >= 0.6 is 0 Å². The lowest BCUT2D eigenvalue weighted by molar-refractivity contribution is -0.160. The summed E-state index contributed by atoms with van der Waals surface area (Å²) in [6, 6.07) is -0.567. The first-order chi connectivity index (χ1) is 6.81. The molecular formula is C10H20N2O3. The van der Waals surface area contributed by atoms with Crippen molar-refractivity contribution < 1.29 is 14.3 Å². The third-order valence-corrected chi connectivity index (χ3v) is 1.85. The van der Waals surface area contributed by atoms with Gasteiger partial charge in [0.1, 0.15) is 11.9 Å². The number of ether oxygens (including phenoxy) is 1. The predicted molar refractivity (Wildman–Crippen MR) is 57.0 cm³/mol. The summed E-state index contributed by atoms with van der Waals surface area (Å²) in [5.41, 5.74) is 10.5. The largest absolute Gasteiger partial charge is 0.460 e. The highest BCUT2D eigenvalue weighted by Crippen LogP contribution is 2.13. The second-order valence-electron chi connectivity index (χ2n) is 4.44. The van der Waals surface area contributed by atoms with Gasteiger partial charge in [-0.25, -0.2) is 0 Å².